The number of hydrogen-bond donors (Lipinski definition) is 2. The first-order chi connectivity index (χ1) is 10.5. The number of benzene rings is 1. The van der Waals surface area contributed by atoms with Gasteiger partial charge in [-0.1, -0.05) is 13.8 Å². The van der Waals surface area contributed by atoms with E-state index in [0.29, 0.717) is 5.92 Å². The third-order valence-corrected chi connectivity index (χ3v) is 4.04. The van der Waals surface area contributed by atoms with Gasteiger partial charge in [-0.3, -0.25) is 10.00 Å². The summed E-state index contributed by atoms with van der Waals surface area (Å²) in [5.41, 5.74) is 2.12. The summed E-state index contributed by atoms with van der Waals surface area (Å²) < 4.78 is 6.01. The Kier molecular flexibility index (Phi) is 5.80. The molecule has 0 aliphatic rings. The van der Waals surface area contributed by atoms with Crippen molar-refractivity contribution in [2.75, 3.05) is 27.2 Å². The van der Waals surface area contributed by atoms with Crippen LogP contribution in [0, 0.1) is 5.92 Å². The molecule has 1 aromatic carbocycles. The molecule has 0 radical (unpaired) electrons. The average molecular weight is 304 g/mol. The molecule has 1 heterocycles. The van der Waals surface area contributed by atoms with Crippen LogP contribution in [0.4, 0.5) is 0 Å². The lowest BCUT2D eigenvalue weighted by molar-refractivity contribution is 0.170. The van der Waals surface area contributed by atoms with E-state index in [0.717, 1.165) is 42.0 Å². The van der Waals surface area contributed by atoms with Gasteiger partial charge in [-0.15, -0.1) is 0 Å². The van der Waals surface area contributed by atoms with E-state index < -0.39 is 0 Å². The maximum Gasteiger partial charge on any atom is 0.120 e. The fraction of sp³-hybridized carbons (Fsp3) is 0.588. The Balaban J connectivity index is 2.14. The molecule has 1 atom stereocenters. The second kappa shape index (κ2) is 7.61. The summed E-state index contributed by atoms with van der Waals surface area (Å²) in [6.45, 7) is 9.23. The summed E-state index contributed by atoms with van der Waals surface area (Å²) >= 11 is 0. The fourth-order valence-electron chi connectivity index (χ4n) is 2.23. The Morgan fingerprint density at radius 3 is 2.77 bits per heavy atom. The molecular formula is C17H28N4O. The molecule has 22 heavy (non-hydrogen) atoms. The number of hydrogen-bond acceptors (Lipinski definition) is 4. The van der Waals surface area contributed by atoms with Crippen LogP contribution in [0.3, 0.4) is 0 Å². The molecule has 0 saturated carbocycles. The highest BCUT2D eigenvalue weighted by Gasteiger charge is 2.12. The van der Waals surface area contributed by atoms with Gasteiger partial charge in [0.2, 0.25) is 0 Å². The highest BCUT2D eigenvalue weighted by atomic mass is 16.5. The van der Waals surface area contributed by atoms with Crippen LogP contribution in [0.1, 0.15) is 26.5 Å². The van der Waals surface area contributed by atoms with Crippen LogP contribution >= 0.6 is 0 Å². The van der Waals surface area contributed by atoms with Gasteiger partial charge in [-0.25, -0.2) is 0 Å². The van der Waals surface area contributed by atoms with E-state index in [1.54, 1.807) is 0 Å². The fourth-order valence-corrected chi connectivity index (χ4v) is 2.23. The first-order valence-corrected chi connectivity index (χ1v) is 7.98. The molecule has 1 aromatic heterocycles. The van der Waals surface area contributed by atoms with Crippen LogP contribution in [0.25, 0.3) is 10.9 Å². The van der Waals surface area contributed by atoms with Gasteiger partial charge in [-0.05, 0) is 45.1 Å². The van der Waals surface area contributed by atoms with Crippen LogP contribution in [0.15, 0.2) is 18.2 Å². The van der Waals surface area contributed by atoms with Crippen molar-refractivity contribution >= 4 is 10.9 Å². The summed E-state index contributed by atoms with van der Waals surface area (Å²) in [5, 5.41) is 11.9. The number of H-pyrrole nitrogens is 1. The van der Waals surface area contributed by atoms with E-state index in [2.05, 4.69) is 54.3 Å². The van der Waals surface area contributed by atoms with E-state index in [-0.39, 0.29) is 6.10 Å². The Labute approximate surface area is 133 Å². The number of ether oxygens (including phenoxy) is 1. The van der Waals surface area contributed by atoms with E-state index in [1.807, 2.05) is 19.2 Å². The largest absolute Gasteiger partial charge is 0.490 e. The average Bonchev–Trinajstić information content (AvgIpc) is 2.87. The van der Waals surface area contributed by atoms with Crippen LogP contribution in [-0.2, 0) is 6.54 Å². The van der Waals surface area contributed by atoms with E-state index in [4.69, 9.17) is 4.74 Å². The maximum atomic E-state index is 6.01. The van der Waals surface area contributed by atoms with Gasteiger partial charge >= 0.3 is 0 Å². The Hall–Kier alpha value is -1.59. The second-order valence-corrected chi connectivity index (χ2v) is 6.29. The zero-order valence-corrected chi connectivity index (χ0v) is 14.3. The number of rotatable bonds is 8. The number of nitrogens with zero attached hydrogens (tertiary/aromatic N) is 2. The predicted molar refractivity (Wildman–Crippen MR) is 91.3 cm³/mol. The van der Waals surface area contributed by atoms with Gasteiger partial charge in [0.1, 0.15) is 5.75 Å². The van der Waals surface area contributed by atoms with Crippen molar-refractivity contribution in [3.05, 3.63) is 23.9 Å². The topological polar surface area (TPSA) is 53.2 Å². The van der Waals surface area contributed by atoms with E-state index in [9.17, 15) is 0 Å². The van der Waals surface area contributed by atoms with Crippen molar-refractivity contribution in [1.29, 1.82) is 0 Å². The summed E-state index contributed by atoms with van der Waals surface area (Å²) in [6, 6.07) is 6.15. The molecule has 0 saturated heterocycles. The summed E-state index contributed by atoms with van der Waals surface area (Å²) in [6.07, 6.45) is 0.200. The summed E-state index contributed by atoms with van der Waals surface area (Å²) in [7, 11) is 4.08. The molecule has 2 aromatic rings. The van der Waals surface area contributed by atoms with Crippen LogP contribution in [0.2, 0.25) is 0 Å². The van der Waals surface area contributed by atoms with Crippen LogP contribution < -0.4 is 10.1 Å². The minimum Gasteiger partial charge on any atom is -0.490 e. The van der Waals surface area contributed by atoms with Crippen molar-refractivity contribution < 1.29 is 4.74 Å². The van der Waals surface area contributed by atoms with Gasteiger partial charge in [-0.2, -0.15) is 5.10 Å². The Morgan fingerprint density at radius 1 is 1.32 bits per heavy atom. The van der Waals surface area contributed by atoms with Crippen molar-refractivity contribution in [3.63, 3.8) is 0 Å². The minimum absolute atomic E-state index is 0.200. The molecule has 0 bridgehead atoms. The predicted octanol–water partition coefficient (Wildman–Crippen LogP) is 2.64. The van der Waals surface area contributed by atoms with Crippen LogP contribution in [0.5, 0.6) is 5.75 Å². The van der Waals surface area contributed by atoms with Crippen molar-refractivity contribution in [2.24, 2.45) is 5.92 Å². The lowest BCUT2D eigenvalue weighted by atomic mass is 10.1. The third-order valence-electron chi connectivity index (χ3n) is 4.04. The van der Waals surface area contributed by atoms with Crippen molar-refractivity contribution in [2.45, 2.75) is 33.4 Å². The lowest BCUT2D eigenvalue weighted by Crippen LogP contribution is -2.27. The summed E-state index contributed by atoms with van der Waals surface area (Å²) in [5.74, 6) is 1.40. The van der Waals surface area contributed by atoms with Gasteiger partial charge in [0.05, 0.1) is 17.3 Å². The molecule has 0 fully saturated rings. The molecular weight excluding hydrogens is 276 g/mol. The SMILES string of the molecule is CNCCN(C)Cc1n[nH]c2ccc(OC(C)C(C)C)cc12. The third kappa shape index (κ3) is 4.21. The molecule has 5 heteroatoms. The van der Waals surface area contributed by atoms with Gasteiger partial charge in [0.25, 0.3) is 0 Å². The molecule has 0 amide bonds. The highest BCUT2D eigenvalue weighted by Crippen LogP contribution is 2.24. The van der Waals surface area contributed by atoms with E-state index >= 15 is 0 Å². The van der Waals surface area contributed by atoms with Crippen LogP contribution in [-0.4, -0.2) is 48.4 Å². The maximum absolute atomic E-state index is 6.01. The quantitative estimate of drug-likeness (QED) is 0.787. The Bertz CT molecular complexity index is 593. The Morgan fingerprint density at radius 2 is 2.09 bits per heavy atom. The van der Waals surface area contributed by atoms with Crippen molar-refractivity contribution in [3.8, 4) is 5.75 Å². The number of fused-ring (bicyclic) bond motifs is 1. The number of likely N-dealkylation sites (N-methyl/N-ethyl adjacent to an activating group) is 2. The van der Waals surface area contributed by atoms with Gasteiger partial charge < -0.3 is 10.1 Å². The molecule has 2 N–H and O–H groups in total. The van der Waals surface area contributed by atoms with E-state index in [1.165, 1.54) is 0 Å². The van der Waals surface area contributed by atoms with Gasteiger partial charge in [0.15, 0.2) is 0 Å². The standard InChI is InChI=1S/C17H28N4O/c1-12(2)13(3)22-14-6-7-16-15(10-14)17(20-19-16)11-21(5)9-8-18-4/h6-7,10,12-13,18H,8-9,11H2,1-5H3,(H,19,20). The van der Waals surface area contributed by atoms with Crippen molar-refractivity contribution in [1.82, 2.24) is 20.4 Å². The summed E-state index contributed by atoms with van der Waals surface area (Å²) in [4.78, 5) is 2.26. The molecule has 0 spiro atoms. The van der Waals surface area contributed by atoms with Gasteiger partial charge in [0, 0.05) is 25.0 Å². The smallest absolute Gasteiger partial charge is 0.120 e. The lowest BCUT2D eigenvalue weighted by Gasteiger charge is -2.18. The molecule has 5 nitrogen and oxygen atoms in total. The molecule has 2 rings (SSSR count). The zero-order chi connectivity index (χ0) is 16.1. The first-order valence-electron chi connectivity index (χ1n) is 7.98. The molecule has 122 valence electrons. The number of aromatic amines is 1. The molecule has 0 aliphatic carbocycles. The zero-order valence-electron chi connectivity index (χ0n) is 14.3. The molecule has 1 unspecified atom stereocenters. The normalized spacial score (nSPS) is 13.2. The second-order valence-electron chi connectivity index (χ2n) is 6.29. The highest BCUT2D eigenvalue weighted by molar-refractivity contribution is 5.82. The first kappa shape index (κ1) is 16.8. The molecule has 0 aliphatic heterocycles. The minimum atomic E-state index is 0.200. The number of nitrogens with one attached hydrogen (secondary N) is 2. The number of aromatic nitrogens is 2. The monoisotopic (exact) mass is 304 g/mol.